The van der Waals surface area contributed by atoms with Crippen LogP contribution in [-0.4, -0.2) is 89.2 Å². The van der Waals surface area contributed by atoms with E-state index in [0.29, 0.717) is 19.3 Å². The maximum atomic E-state index is 13.0. The van der Waals surface area contributed by atoms with Gasteiger partial charge in [-0.3, -0.25) is 14.4 Å². The van der Waals surface area contributed by atoms with Crippen LogP contribution in [-0.2, 0) is 42.9 Å². The third kappa shape index (κ3) is 34.4. The minimum absolute atomic E-state index is 0.0237. The van der Waals surface area contributed by atoms with Crippen LogP contribution in [0.3, 0.4) is 0 Å². The average Bonchev–Trinajstić information content (AvgIpc) is 3.31. The number of aliphatic carboxylic acids is 1. The molecule has 1 saturated heterocycles. The summed E-state index contributed by atoms with van der Waals surface area (Å²) in [4.78, 5) is 50.7. The Morgan fingerprint density at radius 2 is 0.940 bits per heavy atom. The number of esters is 3. The lowest BCUT2D eigenvalue weighted by molar-refractivity contribution is -0.301. The number of rotatable bonds is 43. The van der Waals surface area contributed by atoms with Crippen molar-refractivity contribution in [1.82, 2.24) is 0 Å². The first-order chi connectivity index (χ1) is 32.6. The number of aliphatic hydroxyl groups excluding tert-OH is 2. The number of allylic oxidation sites excluding steroid dienone is 10. The molecular formula is C55H92O12. The molecule has 1 aliphatic heterocycles. The monoisotopic (exact) mass is 945 g/mol. The molecule has 0 spiro atoms. The van der Waals surface area contributed by atoms with E-state index in [2.05, 4.69) is 81.5 Å². The number of carbonyl (C=O) groups is 4. The largest absolute Gasteiger partial charge is 0.479 e. The predicted molar refractivity (Wildman–Crippen MR) is 266 cm³/mol. The van der Waals surface area contributed by atoms with Gasteiger partial charge in [-0.1, -0.05) is 171 Å². The van der Waals surface area contributed by atoms with Crippen molar-refractivity contribution in [3.63, 3.8) is 0 Å². The average molecular weight is 945 g/mol. The van der Waals surface area contributed by atoms with E-state index in [4.69, 9.17) is 23.7 Å². The quantitative estimate of drug-likeness (QED) is 0.0229. The molecule has 6 atom stereocenters. The van der Waals surface area contributed by atoms with E-state index < -0.39 is 67.3 Å². The maximum Gasteiger partial charge on any atom is 0.335 e. The van der Waals surface area contributed by atoms with Crippen molar-refractivity contribution in [1.29, 1.82) is 0 Å². The van der Waals surface area contributed by atoms with Crippen LogP contribution in [0.1, 0.15) is 213 Å². The van der Waals surface area contributed by atoms with Crippen LogP contribution in [0.25, 0.3) is 0 Å². The summed E-state index contributed by atoms with van der Waals surface area (Å²) in [6.45, 7) is 5.77. The Morgan fingerprint density at radius 1 is 0.507 bits per heavy atom. The number of hydrogen-bond acceptors (Lipinski definition) is 11. The van der Waals surface area contributed by atoms with Crippen molar-refractivity contribution in [3.8, 4) is 0 Å². The Morgan fingerprint density at radius 3 is 1.48 bits per heavy atom. The smallest absolute Gasteiger partial charge is 0.335 e. The van der Waals surface area contributed by atoms with Gasteiger partial charge in [0.1, 0.15) is 18.8 Å². The van der Waals surface area contributed by atoms with Crippen LogP contribution in [0.2, 0.25) is 0 Å². The molecule has 3 N–H and O–H groups in total. The maximum absolute atomic E-state index is 13.0. The number of carboxylic acids is 1. The standard InChI is InChI=1S/C55H92O12/c1-4-7-10-13-16-19-21-23-24-26-27-30-32-35-38-41-47(56)63-44-46(65-48(57)42-39-36-33-29-18-15-12-9-6-3)45-64-55-53(51(60)50(59)52(67-55)54(61)62)66-49(58)43-40-37-34-31-28-25-22-20-17-14-11-8-5-2/h8,11,16-17,19-20,23-25,28,46,50-53,55,59-60H,4-7,9-10,12-15,18,21-22,26-27,29-45H2,1-3H3,(H,61,62)/b11-8-,19-16-,20-17-,24-23-,28-25-. The van der Waals surface area contributed by atoms with Crippen LogP contribution in [0.15, 0.2) is 60.8 Å². The first-order valence-electron chi connectivity index (χ1n) is 26.3. The van der Waals surface area contributed by atoms with E-state index in [0.717, 1.165) is 103 Å². The van der Waals surface area contributed by atoms with Gasteiger partial charge in [-0.05, 0) is 83.5 Å². The molecule has 0 saturated carbocycles. The number of unbranched alkanes of at least 4 members (excludes halogenated alkanes) is 19. The fourth-order valence-corrected chi connectivity index (χ4v) is 7.53. The van der Waals surface area contributed by atoms with E-state index in [1.807, 2.05) is 0 Å². The summed E-state index contributed by atoms with van der Waals surface area (Å²) in [7, 11) is 0. The van der Waals surface area contributed by atoms with Gasteiger partial charge in [0.05, 0.1) is 6.61 Å². The lowest BCUT2D eigenvalue weighted by Crippen LogP contribution is -2.61. The van der Waals surface area contributed by atoms with Crippen LogP contribution in [0.4, 0.5) is 0 Å². The molecule has 0 aromatic rings. The fourth-order valence-electron chi connectivity index (χ4n) is 7.53. The van der Waals surface area contributed by atoms with Gasteiger partial charge in [-0.25, -0.2) is 4.79 Å². The normalized spacial score (nSPS) is 19.3. The minimum Gasteiger partial charge on any atom is -0.479 e. The highest BCUT2D eigenvalue weighted by molar-refractivity contribution is 5.74. The SMILES string of the molecule is CC/C=C\C/C=C\C/C=C\CCCCCC(=O)OC1C(OCC(COC(=O)CCCCCCC/C=C\C/C=C\CCCCC)OC(=O)CCCCCCCCCCC)OC(C(=O)O)C(O)C1O. The number of ether oxygens (including phenoxy) is 5. The van der Waals surface area contributed by atoms with E-state index in [-0.39, 0.29) is 25.9 Å². The molecule has 0 aromatic carbocycles. The third-order valence-corrected chi connectivity index (χ3v) is 11.6. The second-order valence-electron chi connectivity index (χ2n) is 17.8. The first-order valence-corrected chi connectivity index (χ1v) is 26.3. The number of carboxylic acid groups (broad SMARTS) is 1. The molecule has 12 nitrogen and oxygen atoms in total. The molecule has 0 bridgehead atoms. The summed E-state index contributed by atoms with van der Waals surface area (Å²) in [5, 5.41) is 31.3. The molecular weight excluding hydrogens is 853 g/mol. The molecule has 1 heterocycles. The molecule has 1 rings (SSSR count). The Kier molecular flexibility index (Phi) is 40.1. The summed E-state index contributed by atoms with van der Waals surface area (Å²) in [5.74, 6) is -3.18. The van der Waals surface area contributed by atoms with Crippen molar-refractivity contribution in [2.75, 3.05) is 13.2 Å². The zero-order chi connectivity index (χ0) is 49.0. The molecule has 12 heteroatoms. The number of aliphatic hydroxyl groups is 2. The van der Waals surface area contributed by atoms with Crippen molar-refractivity contribution in [2.45, 2.75) is 250 Å². The van der Waals surface area contributed by atoms with E-state index in [1.54, 1.807) is 0 Å². The molecule has 384 valence electrons. The van der Waals surface area contributed by atoms with E-state index in [1.165, 1.54) is 51.4 Å². The van der Waals surface area contributed by atoms with Gasteiger partial charge in [0.25, 0.3) is 0 Å². The van der Waals surface area contributed by atoms with Crippen molar-refractivity contribution in [3.05, 3.63) is 60.8 Å². The molecule has 0 amide bonds. The molecule has 67 heavy (non-hydrogen) atoms. The zero-order valence-corrected chi connectivity index (χ0v) is 41.9. The molecule has 6 unspecified atom stereocenters. The number of hydrogen-bond donors (Lipinski definition) is 3. The van der Waals surface area contributed by atoms with Crippen molar-refractivity contribution >= 4 is 23.9 Å². The molecule has 0 radical (unpaired) electrons. The van der Waals surface area contributed by atoms with Crippen molar-refractivity contribution in [2.24, 2.45) is 0 Å². The lowest BCUT2D eigenvalue weighted by Gasteiger charge is -2.40. The highest BCUT2D eigenvalue weighted by atomic mass is 16.7. The van der Waals surface area contributed by atoms with Crippen LogP contribution >= 0.6 is 0 Å². The lowest BCUT2D eigenvalue weighted by atomic mass is 9.98. The Labute approximate surface area is 405 Å². The summed E-state index contributed by atoms with van der Waals surface area (Å²) in [6.07, 6.45) is 39.3. The molecule has 0 aromatic heterocycles. The third-order valence-electron chi connectivity index (χ3n) is 11.6. The highest BCUT2D eigenvalue weighted by Gasteiger charge is 2.50. The summed E-state index contributed by atoms with van der Waals surface area (Å²) >= 11 is 0. The predicted octanol–water partition coefficient (Wildman–Crippen LogP) is 12.4. The van der Waals surface area contributed by atoms with Gasteiger partial charge in [0, 0.05) is 19.3 Å². The van der Waals surface area contributed by atoms with Gasteiger partial charge in [0.2, 0.25) is 0 Å². The molecule has 1 aliphatic rings. The van der Waals surface area contributed by atoms with Gasteiger partial charge in [-0.2, -0.15) is 0 Å². The Bertz CT molecular complexity index is 1400. The summed E-state index contributed by atoms with van der Waals surface area (Å²) in [6, 6.07) is 0. The van der Waals surface area contributed by atoms with E-state index in [9.17, 15) is 34.5 Å². The van der Waals surface area contributed by atoms with Gasteiger partial charge in [-0.15, -0.1) is 0 Å². The topological polar surface area (TPSA) is 175 Å². The Hall–Kier alpha value is -3.58. The van der Waals surface area contributed by atoms with Crippen molar-refractivity contribution < 1.29 is 58.2 Å². The van der Waals surface area contributed by atoms with Crippen LogP contribution in [0, 0.1) is 0 Å². The zero-order valence-electron chi connectivity index (χ0n) is 41.9. The summed E-state index contributed by atoms with van der Waals surface area (Å²) < 4.78 is 28.2. The van der Waals surface area contributed by atoms with Crippen LogP contribution < -0.4 is 0 Å². The first kappa shape index (κ1) is 61.4. The molecule has 0 aliphatic carbocycles. The fraction of sp³-hybridized carbons (Fsp3) is 0.745. The second kappa shape index (κ2) is 43.7. The minimum atomic E-state index is -1.91. The van der Waals surface area contributed by atoms with Gasteiger partial charge < -0.3 is 39.0 Å². The van der Waals surface area contributed by atoms with Gasteiger partial charge in [0.15, 0.2) is 24.6 Å². The Balaban J connectivity index is 2.73. The van der Waals surface area contributed by atoms with E-state index >= 15 is 0 Å². The van der Waals surface area contributed by atoms with Crippen LogP contribution in [0.5, 0.6) is 0 Å². The van der Waals surface area contributed by atoms with Gasteiger partial charge >= 0.3 is 23.9 Å². The second-order valence-corrected chi connectivity index (χ2v) is 17.8. The molecule has 1 fully saturated rings. The summed E-state index contributed by atoms with van der Waals surface area (Å²) in [5.41, 5.74) is 0. The highest BCUT2D eigenvalue weighted by Crippen LogP contribution is 2.26. The number of carbonyl (C=O) groups excluding carboxylic acids is 3.